The van der Waals surface area contributed by atoms with E-state index >= 15 is 0 Å². The minimum atomic E-state index is -0.495. The first-order valence-corrected chi connectivity index (χ1v) is 9.17. The van der Waals surface area contributed by atoms with E-state index < -0.39 is 16.8 Å². The third-order valence-electron chi connectivity index (χ3n) is 4.50. The molecule has 0 unspecified atom stereocenters. The summed E-state index contributed by atoms with van der Waals surface area (Å²) in [5.74, 6) is -0.421. The van der Waals surface area contributed by atoms with Crippen LogP contribution in [0.1, 0.15) is 36.5 Å². The molecule has 28 heavy (non-hydrogen) atoms. The molecule has 3 rings (SSSR count). The molecule has 2 aromatic carbocycles. The van der Waals surface area contributed by atoms with E-state index in [4.69, 9.17) is 25.8 Å². The Morgan fingerprint density at radius 3 is 2.64 bits per heavy atom. The van der Waals surface area contributed by atoms with E-state index in [0.29, 0.717) is 21.9 Å². The summed E-state index contributed by atoms with van der Waals surface area (Å²) in [6.45, 7) is 3.98. The molecule has 1 aliphatic rings. The summed E-state index contributed by atoms with van der Waals surface area (Å²) in [5.41, 5.74) is 1.70. The van der Waals surface area contributed by atoms with Gasteiger partial charge in [-0.2, -0.15) is 0 Å². The molecule has 0 saturated carbocycles. The van der Waals surface area contributed by atoms with Gasteiger partial charge in [-0.3, -0.25) is 14.9 Å². The van der Waals surface area contributed by atoms with Crippen LogP contribution in [0.15, 0.2) is 36.4 Å². The molecule has 0 N–H and O–H groups in total. The lowest BCUT2D eigenvalue weighted by Gasteiger charge is -2.22. The first kappa shape index (κ1) is 20.1. The molecule has 0 saturated heterocycles. The van der Waals surface area contributed by atoms with Gasteiger partial charge in [0, 0.05) is 28.3 Å². The van der Waals surface area contributed by atoms with Crippen LogP contribution in [0.5, 0.6) is 5.75 Å². The predicted octanol–water partition coefficient (Wildman–Crippen LogP) is 4.60. The number of carbonyl (C=O) groups excluding carboxylic acids is 1. The lowest BCUT2D eigenvalue weighted by molar-refractivity contribution is -0.385. The summed E-state index contributed by atoms with van der Waals surface area (Å²) < 4.78 is 16.2. The molecule has 0 spiro atoms. The van der Waals surface area contributed by atoms with Gasteiger partial charge in [-0.15, -0.1) is 0 Å². The molecule has 0 bridgehead atoms. The SMILES string of the molecule is CC(C)[C@H](C(=O)OCc1cc([N+](=O)[O-])cc2c1OCOC2)c1ccc(Cl)cc1. The van der Waals surface area contributed by atoms with Crippen LogP contribution < -0.4 is 4.74 Å². The third kappa shape index (κ3) is 4.43. The number of nitro groups is 1. The fraction of sp³-hybridized carbons (Fsp3) is 0.350. The summed E-state index contributed by atoms with van der Waals surface area (Å²) in [7, 11) is 0. The van der Waals surface area contributed by atoms with Gasteiger partial charge < -0.3 is 14.2 Å². The van der Waals surface area contributed by atoms with Crippen molar-refractivity contribution in [2.45, 2.75) is 33.0 Å². The van der Waals surface area contributed by atoms with Crippen LogP contribution in [-0.2, 0) is 27.5 Å². The highest BCUT2D eigenvalue weighted by Gasteiger charge is 2.27. The zero-order valence-electron chi connectivity index (χ0n) is 15.5. The minimum Gasteiger partial charge on any atom is -0.467 e. The Bertz CT molecular complexity index is 881. The van der Waals surface area contributed by atoms with Gasteiger partial charge in [0.15, 0.2) is 6.79 Å². The lowest BCUT2D eigenvalue weighted by Crippen LogP contribution is -2.21. The number of halogens is 1. The molecule has 0 fully saturated rings. The Morgan fingerprint density at radius 2 is 2.00 bits per heavy atom. The average molecular weight is 406 g/mol. The predicted molar refractivity (Wildman–Crippen MR) is 102 cm³/mol. The van der Waals surface area contributed by atoms with Crippen molar-refractivity contribution < 1.29 is 23.9 Å². The Labute approximate surface area is 167 Å². The van der Waals surface area contributed by atoms with Crippen molar-refractivity contribution in [2.75, 3.05) is 6.79 Å². The maximum atomic E-state index is 12.8. The molecule has 0 aliphatic carbocycles. The number of benzene rings is 2. The van der Waals surface area contributed by atoms with E-state index in [0.717, 1.165) is 5.56 Å². The summed E-state index contributed by atoms with van der Waals surface area (Å²) in [5, 5.41) is 11.8. The number of esters is 1. The Kier molecular flexibility index (Phi) is 6.16. The zero-order chi connectivity index (χ0) is 20.3. The number of hydrogen-bond acceptors (Lipinski definition) is 6. The van der Waals surface area contributed by atoms with E-state index in [2.05, 4.69) is 0 Å². The fourth-order valence-electron chi connectivity index (χ4n) is 3.20. The Hall–Kier alpha value is -2.64. The average Bonchev–Trinajstić information content (AvgIpc) is 2.67. The normalized spacial score (nSPS) is 14.1. The molecular formula is C20H20ClNO6. The molecule has 2 aromatic rings. The molecule has 1 aliphatic heterocycles. The quantitative estimate of drug-likeness (QED) is 0.396. The van der Waals surface area contributed by atoms with Gasteiger partial charge in [0.25, 0.3) is 5.69 Å². The summed E-state index contributed by atoms with van der Waals surface area (Å²) >= 11 is 5.93. The summed E-state index contributed by atoms with van der Waals surface area (Å²) in [6, 6.07) is 9.82. The lowest BCUT2D eigenvalue weighted by atomic mass is 9.88. The molecule has 8 heteroatoms. The second-order valence-corrected chi connectivity index (χ2v) is 7.28. The molecule has 0 radical (unpaired) electrons. The number of nitrogens with zero attached hydrogens (tertiary/aromatic N) is 1. The molecular weight excluding hydrogens is 386 g/mol. The number of carbonyl (C=O) groups is 1. The second-order valence-electron chi connectivity index (χ2n) is 6.84. The van der Waals surface area contributed by atoms with Gasteiger partial charge in [-0.25, -0.2) is 0 Å². The van der Waals surface area contributed by atoms with Crippen molar-refractivity contribution in [1.29, 1.82) is 0 Å². The third-order valence-corrected chi connectivity index (χ3v) is 4.75. The van der Waals surface area contributed by atoms with Crippen LogP contribution >= 0.6 is 11.6 Å². The minimum absolute atomic E-state index is 0.00245. The highest BCUT2D eigenvalue weighted by Crippen LogP contribution is 2.34. The Morgan fingerprint density at radius 1 is 1.29 bits per heavy atom. The number of ether oxygens (including phenoxy) is 3. The number of fused-ring (bicyclic) bond motifs is 1. The monoisotopic (exact) mass is 405 g/mol. The molecule has 1 heterocycles. The smallest absolute Gasteiger partial charge is 0.314 e. The first-order chi connectivity index (χ1) is 13.4. The maximum Gasteiger partial charge on any atom is 0.314 e. The number of hydrogen-bond donors (Lipinski definition) is 0. The van der Waals surface area contributed by atoms with Gasteiger partial charge in [0.05, 0.1) is 17.4 Å². The molecule has 148 valence electrons. The number of non-ortho nitro benzene ring substituents is 1. The largest absolute Gasteiger partial charge is 0.467 e. The van der Waals surface area contributed by atoms with Crippen molar-refractivity contribution in [3.05, 3.63) is 68.2 Å². The molecule has 1 atom stereocenters. The summed E-state index contributed by atoms with van der Waals surface area (Å²) in [4.78, 5) is 23.5. The van der Waals surface area contributed by atoms with E-state index in [-0.39, 0.29) is 31.6 Å². The fourth-order valence-corrected chi connectivity index (χ4v) is 3.32. The van der Waals surface area contributed by atoms with E-state index in [1.165, 1.54) is 12.1 Å². The zero-order valence-corrected chi connectivity index (χ0v) is 16.3. The van der Waals surface area contributed by atoms with Gasteiger partial charge in [0.1, 0.15) is 12.4 Å². The van der Waals surface area contributed by atoms with Crippen LogP contribution in [0.25, 0.3) is 0 Å². The number of nitro benzene ring substituents is 1. The van der Waals surface area contributed by atoms with E-state index in [1.54, 1.807) is 24.3 Å². The van der Waals surface area contributed by atoms with Crippen LogP contribution in [0.4, 0.5) is 5.69 Å². The van der Waals surface area contributed by atoms with Gasteiger partial charge >= 0.3 is 5.97 Å². The van der Waals surface area contributed by atoms with Crippen LogP contribution in [0.3, 0.4) is 0 Å². The van der Waals surface area contributed by atoms with Crippen molar-refractivity contribution >= 4 is 23.3 Å². The molecule has 0 aromatic heterocycles. The van der Waals surface area contributed by atoms with Crippen molar-refractivity contribution in [1.82, 2.24) is 0 Å². The van der Waals surface area contributed by atoms with Gasteiger partial charge in [0.2, 0.25) is 0 Å². The van der Waals surface area contributed by atoms with E-state index in [9.17, 15) is 14.9 Å². The first-order valence-electron chi connectivity index (χ1n) is 8.79. The van der Waals surface area contributed by atoms with E-state index in [1.807, 2.05) is 13.8 Å². The van der Waals surface area contributed by atoms with Crippen LogP contribution in [0.2, 0.25) is 5.02 Å². The topological polar surface area (TPSA) is 87.9 Å². The van der Waals surface area contributed by atoms with Crippen molar-refractivity contribution in [3.63, 3.8) is 0 Å². The second kappa shape index (κ2) is 8.58. The maximum absolute atomic E-state index is 12.8. The highest BCUT2D eigenvalue weighted by atomic mass is 35.5. The Balaban J connectivity index is 1.82. The van der Waals surface area contributed by atoms with Crippen molar-refractivity contribution in [3.8, 4) is 5.75 Å². The van der Waals surface area contributed by atoms with Crippen LogP contribution in [0, 0.1) is 16.0 Å². The molecule has 7 nitrogen and oxygen atoms in total. The van der Waals surface area contributed by atoms with Gasteiger partial charge in [-0.05, 0) is 23.6 Å². The highest BCUT2D eigenvalue weighted by molar-refractivity contribution is 6.30. The number of rotatable bonds is 6. The standard InChI is InChI=1S/C20H20ClNO6/c1-12(2)18(13-3-5-16(21)6-4-13)20(23)27-10-15-8-17(22(24)25)7-14-9-26-11-28-19(14)15/h3-8,12,18H,9-11H2,1-2H3/t18-/m0/s1. The van der Waals surface area contributed by atoms with Crippen LogP contribution in [-0.4, -0.2) is 17.7 Å². The van der Waals surface area contributed by atoms with Gasteiger partial charge in [-0.1, -0.05) is 37.6 Å². The summed E-state index contributed by atoms with van der Waals surface area (Å²) in [6.07, 6.45) is 0. The molecule has 0 amide bonds. The van der Waals surface area contributed by atoms with Crippen molar-refractivity contribution in [2.24, 2.45) is 5.92 Å².